The molecule has 10 nitrogen and oxygen atoms in total. The van der Waals surface area contributed by atoms with E-state index in [1.165, 1.54) is 0 Å². The smallest absolute Gasteiger partial charge is 0.243 e. The number of nitrogens with one attached hydrogen (secondary N) is 2. The van der Waals surface area contributed by atoms with Crippen LogP contribution in [-0.4, -0.2) is 81.0 Å². The number of hydrogen-bond donors (Lipinski definition) is 2. The van der Waals surface area contributed by atoms with Gasteiger partial charge >= 0.3 is 0 Å². The quantitative estimate of drug-likeness (QED) is 0.658. The summed E-state index contributed by atoms with van der Waals surface area (Å²) in [5, 5.41) is 14.5. The van der Waals surface area contributed by atoms with Crippen LogP contribution >= 0.6 is 0 Å². The van der Waals surface area contributed by atoms with E-state index in [0.29, 0.717) is 37.7 Å². The highest BCUT2D eigenvalue weighted by Crippen LogP contribution is 2.38. The van der Waals surface area contributed by atoms with Crippen LogP contribution in [-0.2, 0) is 9.47 Å². The Labute approximate surface area is 166 Å². The molecule has 0 saturated carbocycles. The molecule has 2 fully saturated rings. The average Bonchev–Trinajstić information content (AvgIpc) is 3.36. The van der Waals surface area contributed by atoms with E-state index in [0.717, 1.165) is 16.9 Å². The lowest BCUT2D eigenvalue weighted by Gasteiger charge is -2.48. The molecule has 2 saturated heterocycles. The highest BCUT2D eigenvalue weighted by molar-refractivity contribution is 5.85. The van der Waals surface area contributed by atoms with Crippen molar-refractivity contribution in [1.82, 2.24) is 29.8 Å². The Bertz CT molecular complexity index is 1000. The third-order valence-corrected chi connectivity index (χ3v) is 5.60. The summed E-state index contributed by atoms with van der Waals surface area (Å²) < 4.78 is 26.5. The summed E-state index contributed by atoms with van der Waals surface area (Å²) in [4.78, 5) is 11.4. The first kappa shape index (κ1) is 18.3. The molecular formula is C18H23FN8O2. The molecule has 5 heterocycles. The van der Waals surface area contributed by atoms with Crippen LogP contribution in [0.4, 0.5) is 16.0 Å². The minimum absolute atomic E-state index is 0.0891. The number of nitrogens with zero attached hydrogens (tertiary/aromatic N) is 6. The molecule has 0 bridgehead atoms. The van der Waals surface area contributed by atoms with Crippen molar-refractivity contribution >= 4 is 17.3 Å². The third kappa shape index (κ3) is 3.19. The molecule has 0 unspecified atom stereocenters. The van der Waals surface area contributed by atoms with Crippen LogP contribution in [0.5, 0.6) is 0 Å². The maximum atomic E-state index is 14.1. The van der Waals surface area contributed by atoms with E-state index in [1.807, 2.05) is 0 Å². The summed E-state index contributed by atoms with van der Waals surface area (Å²) in [6.07, 6.45) is 4.62. The maximum Gasteiger partial charge on any atom is 0.243 e. The van der Waals surface area contributed by atoms with Crippen molar-refractivity contribution in [2.24, 2.45) is 0 Å². The van der Waals surface area contributed by atoms with Crippen molar-refractivity contribution < 1.29 is 13.9 Å². The molecule has 0 radical (unpaired) electrons. The SMILES string of the molecule is COC1(C)CN(c2c(-c3cn[nH]c3)ncn3nc(N[C@H]4CCOC[C@H]4F)nc23)C1. The summed E-state index contributed by atoms with van der Waals surface area (Å²) in [7, 11) is 1.72. The van der Waals surface area contributed by atoms with Gasteiger partial charge < -0.3 is 19.7 Å². The fourth-order valence-corrected chi connectivity index (χ4v) is 3.87. The molecule has 29 heavy (non-hydrogen) atoms. The highest BCUT2D eigenvalue weighted by atomic mass is 19.1. The van der Waals surface area contributed by atoms with Crippen LogP contribution in [0.1, 0.15) is 13.3 Å². The predicted molar refractivity (Wildman–Crippen MR) is 104 cm³/mol. The van der Waals surface area contributed by atoms with Gasteiger partial charge in [-0.3, -0.25) is 5.10 Å². The number of H-pyrrole nitrogens is 1. The van der Waals surface area contributed by atoms with E-state index < -0.39 is 6.17 Å². The van der Waals surface area contributed by atoms with Crippen LogP contribution in [0.25, 0.3) is 16.9 Å². The maximum absolute atomic E-state index is 14.1. The Morgan fingerprint density at radius 2 is 2.28 bits per heavy atom. The summed E-state index contributed by atoms with van der Waals surface area (Å²) >= 11 is 0. The standard InChI is InChI=1S/C18H23FN8O2/c1-18(28-2)8-26(9-18)15-14(11-5-21-22-6-11)20-10-27-16(15)24-17(25-27)23-13-3-4-29-7-12(13)19/h5-6,10,12-13H,3-4,7-9H2,1-2H3,(H,21,22)(H,23,25)/t12-,13+/m1/s1. The van der Waals surface area contributed by atoms with Gasteiger partial charge in [-0.05, 0) is 13.3 Å². The molecule has 0 aliphatic carbocycles. The molecule has 3 aromatic heterocycles. The van der Waals surface area contributed by atoms with Gasteiger partial charge in [0.15, 0.2) is 5.65 Å². The molecule has 2 atom stereocenters. The number of aromatic nitrogens is 6. The Balaban J connectivity index is 1.53. The van der Waals surface area contributed by atoms with Crippen LogP contribution < -0.4 is 10.2 Å². The number of rotatable bonds is 5. The monoisotopic (exact) mass is 402 g/mol. The van der Waals surface area contributed by atoms with Crippen molar-refractivity contribution in [3.05, 3.63) is 18.7 Å². The van der Waals surface area contributed by atoms with Crippen LogP contribution in [0, 0.1) is 0 Å². The third-order valence-electron chi connectivity index (χ3n) is 5.60. The predicted octanol–water partition coefficient (Wildman–Crippen LogP) is 1.28. The zero-order valence-electron chi connectivity index (χ0n) is 16.3. The molecule has 11 heteroatoms. The highest BCUT2D eigenvalue weighted by Gasteiger charge is 2.41. The molecule has 2 N–H and O–H groups in total. The minimum Gasteiger partial charge on any atom is -0.378 e. The summed E-state index contributed by atoms with van der Waals surface area (Å²) in [6.45, 7) is 4.09. The zero-order valence-corrected chi connectivity index (χ0v) is 16.3. The second-order valence-electron chi connectivity index (χ2n) is 7.77. The molecule has 0 amide bonds. The van der Waals surface area contributed by atoms with Crippen molar-refractivity contribution in [3.8, 4) is 11.3 Å². The van der Waals surface area contributed by atoms with Crippen LogP contribution in [0.2, 0.25) is 0 Å². The van der Waals surface area contributed by atoms with Crippen molar-refractivity contribution in [1.29, 1.82) is 0 Å². The summed E-state index contributed by atoms with van der Waals surface area (Å²) in [5.41, 5.74) is 2.91. The topological polar surface area (TPSA) is 105 Å². The fraction of sp³-hybridized carbons (Fsp3) is 0.556. The lowest BCUT2D eigenvalue weighted by atomic mass is 9.95. The molecule has 2 aliphatic heterocycles. The number of aromatic amines is 1. The van der Waals surface area contributed by atoms with Gasteiger partial charge in [0.1, 0.15) is 23.9 Å². The number of methoxy groups -OCH3 is 1. The van der Waals surface area contributed by atoms with E-state index in [1.54, 1.807) is 30.3 Å². The lowest BCUT2D eigenvalue weighted by Crippen LogP contribution is -2.61. The van der Waals surface area contributed by atoms with Gasteiger partial charge in [-0.2, -0.15) is 14.6 Å². The Morgan fingerprint density at radius 1 is 1.41 bits per heavy atom. The van der Waals surface area contributed by atoms with Crippen molar-refractivity contribution in [3.63, 3.8) is 0 Å². The van der Waals surface area contributed by atoms with Crippen molar-refractivity contribution in [2.45, 2.75) is 31.2 Å². The normalized spacial score (nSPS) is 23.9. The van der Waals surface area contributed by atoms with Crippen LogP contribution in [0.15, 0.2) is 18.7 Å². The van der Waals surface area contributed by atoms with Gasteiger partial charge in [-0.1, -0.05) is 0 Å². The minimum atomic E-state index is -1.09. The first-order valence-corrected chi connectivity index (χ1v) is 9.59. The first-order valence-electron chi connectivity index (χ1n) is 9.59. The fourth-order valence-electron chi connectivity index (χ4n) is 3.87. The number of hydrogen-bond acceptors (Lipinski definition) is 8. The molecule has 3 aromatic rings. The molecule has 2 aliphatic rings. The number of anilines is 2. The second-order valence-corrected chi connectivity index (χ2v) is 7.77. The number of halogens is 1. The van der Waals surface area contributed by atoms with E-state index in [2.05, 4.69) is 42.4 Å². The van der Waals surface area contributed by atoms with Crippen molar-refractivity contribution in [2.75, 3.05) is 43.6 Å². The average molecular weight is 402 g/mol. The summed E-state index contributed by atoms with van der Waals surface area (Å²) in [5.74, 6) is 0.377. The van der Waals surface area contributed by atoms with E-state index >= 15 is 0 Å². The number of alkyl halides is 1. The first-order chi connectivity index (χ1) is 14.1. The molecule has 0 aromatic carbocycles. The largest absolute Gasteiger partial charge is 0.378 e. The molecule has 154 valence electrons. The zero-order chi connectivity index (χ0) is 20.0. The Morgan fingerprint density at radius 3 is 3.00 bits per heavy atom. The second kappa shape index (κ2) is 6.92. The Kier molecular flexibility index (Phi) is 4.36. The summed E-state index contributed by atoms with van der Waals surface area (Å²) in [6, 6.07) is -0.369. The van der Waals surface area contributed by atoms with E-state index in [4.69, 9.17) is 9.47 Å². The Hall–Kier alpha value is -2.79. The van der Waals surface area contributed by atoms with Gasteiger partial charge in [-0.15, -0.1) is 5.10 Å². The van der Waals surface area contributed by atoms with Gasteiger partial charge in [0, 0.05) is 38.6 Å². The lowest BCUT2D eigenvalue weighted by molar-refractivity contribution is -0.0166. The van der Waals surface area contributed by atoms with Gasteiger partial charge in [0.05, 0.1) is 24.4 Å². The van der Waals surface area contributed by atoms with Gasteiger partial charge in [0.25, 0.3) is 0 Å². The number of fused-ring (bicyclic) bond motifs is 1. The van der Waals surface area contributed by atoms with E-state index in [-0.39, 0.29) is 18.2 Å². The van der Waals surface area contributed by atoms with Gasteiger partial charge in [0.2, 0.25) is 5.95 Å². The molecule has 5 rings (SSSR count). The van der Waals surface area contributed by atoms with E-state index in [9.17, 15) is 4.39 Å². The molecule has 0 spiro atoms. The molecular weight excluding hydrogens is 379 g/mol. The number of ether oxygens (including phenoxy) is 2. The van der Waals surface area contributed by atoms with Gasteiger partial charge in [-0.25, -0.2) is 9.37 Å². The van der Waals surface area contributed by atoms with Crippen LogP contribution in [0.3, 0.4) is 0 Å².